The van der Waals surface area contributed by atoms with E-state index in [1.807, 2.05) is 0 Å². The molecule has 1 aliphatic rings. The van der Waals surface area contributed by atoms with Crippen molar-refractivity contribution in [3.05, 3.63) is 6.42 Å². The van der Waals surface area contributed by atoms with Gasteiger partial charge in [0.15, 0.2) is 0 Å². The van der Waals surface area contributed by atoms with Crippen molar-refractivity contribution >= 4 is 0 Å². The molecule has 0 heteroatoms. The summed E-state index contributed by atoms with van der Waals surface area (Å²) in [6, 6.07) is 0. The van der Waals surface area contributed by atoms with Crippen molar-refractivity contribution in [1.29, 1.82) is 0 Å². The zero-order valence-electron chi connectivity index (χ0n) is 14.2. The predicted molar refractivity (Wildman–Crippen MR) is 92.0 cm³/mol. The summed E-state index contributed by atoms with van der Waals surface area (Å²) in [4.78, 5) is 0. The van der Waals surface area contributed by atoms with E-state index < -0.39 is 0 Å². The second-order valence-corrected chi connectivity index (χ2v) is 6.99. The molecule has 1 saturated carbocycles. The highest BCUT2D eigenvalue weighted by atomic mass is 14.2. The molecule has 0 saturated heterocycles. The Bertz CT molecular complexity index is 178. The van der Waals surface area contributed by atoms with Crippen LogP contribution in [-0.4, -0.2) is 0 Å². The standard InChI is InChI=1S/C20H39/c1-2-3-4-5-6-7-8-9-10-11-12-14-17-20-18-15-13-16-19-20/h7,20H,2-6,8-19H2,1H3. The molecule has 0 unspecified atom stereocenters. The minimum absolute atomic E-state index is 1.10. The first-order chi connectivity index (χ1) is 9.93. The molecule has 0 spiro atoms. The molecule has 20 heavy (non-hydrogen) atoms. The van der Waals surface area contributed by atoms with Crippen LogP contribution < -0.4 is 0 Å². The van der Waals surface area contributed by atoms with Gasteiger partial charge < -0.3 is 0 Å². The van der Waals surface area contributed by atoms with E-state index in [0.29, 0.717) is 0 Å². The Morgan fingerprint density at radius 1 is 0.700 bits per heavy atom. The summed E-state index contributed by atoms with van der Waals surface area (Å²) in [7, 11) is 0. The fraction of sp³-hybridized carbons (Fsp3) is 0.950. The number of unbranched alkanes of at least 4 members (excludes halogenated alkanes) is 11. The first-order valence-corrected chi connectivity index (χ1v) is 9.75. The minimum atomic E-state index is 1.10. The van der Waals surface area contributed by atoms with E-state index in [4.69, 9.17) is 0 Å². The van der Waals surface area contributed by atoms with Crippen molar-refractivity contribution in [2.75, 3.05) is 0 Å². The van der Waals surface area contributed by atoms with Crippen LogP contribution in [-0.2, 0) is 0 Å². The summed E-state index contributed by atoms with van der Waals surface area (Å²) >= 11 is 0. The molecule has 0 aromatic heterocycles. The topological polar surface area (TPSA) is 0 Å². The van der Waals surface area contributed by atoms with Gasteiger partial charge in [-0.05, 0) is 12.3 Å². The Kier molecular flexibility index (Phi) is 12.6. The third-order valence-corrected chi connectivity index (χ3v) is 5.01. The Morgan fingerprint density at radius 3 is 2.00 bits per heavy atom. The van der Waals surface area contributed by atoms with Crippen molar-refractivity contribution in [1.82, 2.24) is 0 Å². The lowest BCUT2D eigenvalue weighted by atomic mass is 9.85. The molecule has 1 rings (SSSR count). The van der Waals surface area contributed by atoms with Crippen LogP contribution in [0.2, 0.25) is 0 Å². The number of hydrogen-bond acceptors (Lipinski definition) is 0. The summed E-state index contributed by atoms with van der Waals surface area (Å²) in [6.45, 7) is 2.29. The Hall–Kier alpha value is 0. The molecule has 0 amide bonds. The van der Waals surface area contributed by atoms with Crippen LogP contribution in [0.15, 0.2) is 0 Å². The molecular weight excluding hydrogens is 240 g/mol. The normalized spacial score (nSPS) is 16.6. The van der Waals surface area contributed by atoms with Gasteiger partial charge in [-0.3, -0.25) is 0 Å². The smallest absolute Gasteiger partial charge is 0.0386 e. The zero-order valence-corrected chi connectivity index (χ0v) is 14.2. The van der Waals surface area contributed by atoms with Gasteiger partial charge in [0.05, 0.1) is 0 Å². The lowest BCUT2D eigenvalue weighted by Gasteiger charge is -2.21. The van der Waals surface area contributed by atoms with Crippen LogP contribution in [0.1, 0.15) is 116 Å². The summed E-state index contributed by atoms with van der Waals surface area (Å²) in [5, 5.41) is 0. The third-order valence-electron chi connectivity index (χ3n) is 5.01. The molecule has 0 aromatic rings. The zero-order chi connectivity index (χ0) is 14.3. The van der Waals surface area contributed by atoms with Gasteiger partial charge in [-0.1, -0.05) is 116 Å². The maximum atomic E-state index is 2.54. The molecule has 0 N–H and O–H groups in total. The van der Waals surface area contributed by atoms with Crippen LogP contribution in [0.5, 0.6) is 0 Å². The van der Waals surface area contributed by atoms with E-state index in [2.05, 4.69) is 13.3 Å². The van der Waals surface area contributed by atoms with Gasteiger partial charge in [-0.15, -0.1) is 0 Å². The quantitative estimate of drug-likeness (QED) is 0.307. The van der Waals surface area contributed by atoms with E-state index in [1.165, 1.54) is 109 Å². The SMILES string of the molecule is CCCCCC[CH]CCCCCCCC1CCCCC1. The minimum Gasteiger partial charge on any atom is -0.0654 e. The van der Waals surface area contributed by atoms with Gasteiger partial charge in [0.25, 0.3) is 0 Å². The fourth-order valence-corrected chi connectivity index (χ4v) is 3.59. The third kappa shape index (κ3) is 10.7. The Balaban J connectivity index is 1.70. The van der Waals surface area contributed by atoms with Crippen molar-refractivity contribution < 1.29 is 0 Å². The van der Waals surface area contributed by atoms with Gasteiger partial charge in [-0.2, -0.15) is 0 Å². The molecule has 0 bridgehead atoms. The van der Waals surface area contributed by atoms with Crippen molar-refractivity contribution in [3.63, 3.8) is 0 Å². The molecule has 0 nitrogen and oxygen atoms in total. The van der Waals surface area contributed by atoms with Gasteiger partial charge in [0, 0.05) is 0 Å². The van der Waals surface area contributed by atoms with E-state index in [1.54, 1.807) is 0 Å². The molecule has 0 atom stereocenters. The largest absolute Gasteiger partial charge is 0.0654 e. The predicted octanol–water partition coefficient (Wildman–Crippen LogP) is 7.47. The Labute approximate surface area is 129 Å². The van der Waals surface area contributed by atoms with E-state index in [9.17, 15) is 0 Å². The van der Waals surface area contributed by atoms with Crippen molar-refractivity contribution in [2.45, 2.75) is 116 Å². The van der Waals surface area contributed by atoms with Crippen molar-refractivity contribution in [3.8, 4) is 0 Å². The highest BCUT2D eigenvalue weighted by Gasteiger charge is 2.12. The van der Waals surface area contributed by atoms with Gasteiger partial charge in [0.2, 0.25) is 0 Å². The van der Waals surface area contributed by atoms with Gasteiger partial charge in [0.1, 0.15) is 0 Å². The lowest BCUT2D eigenvalue weighted by Crippen LogP contribution is -2.05. The van der Waals surface area contributed by atoms with Crippen LogP contribution in [0.25, 0.3) is 0 Å². The van der Waals surface area contributed by atoms with E-state index in [-0.39, 0.29) is 0 Å². The van der Waals surface area contributed by atoms with Crippen molar-refractivity contribution in [2.24, 2.45) is 5.92 Å². The molecule has 1 fully saturated rings. The summed E-state index contributed by atoms with van der Waals surface area (Å²) in [5.74, 6) is 1.10. The molecular formula is C20H39. The first-order valence-electron chi connectivity index (χ1n) is 9.75. The molecule has 1 radical (unpaired) electrons. The monoisotopic (exact) mass is 279 g/mol. The molecule has 1 aliphatic carbocycles. The van der Waals surface area contributed by atoms with Crippen LogP contribution in [0.4, 0.5) is 0 Å². The lowest BCUT2D eigenvalue weighted by molar-refractivity contribution is 0.328. The number of rotatable bonds is 13. The summed E-state index contributed by atoms with van der Waals surface area (Å²) in [5.41, 5.74) is 0. The van der Waals surface area contributed by atoms with E-state index >= 15 is 0 Å². The van der Waals surface area contributed by atoms with Gasteiger partial charge >= 0.3 is 0 Å². The number of hydrogen-bond donors (Lipinski definition) is 0. The van der Waals surface area contributed by atoms with E-state index in [0.717, 1.165) is 5.92 Å². The Morgan fingerprint density at radius 2 is 1.30 bits per heavy atom. The van der Waals surface area contributed by atoms with Crippen LogP contribution >= 0.6 is 0 Å². The highest BCUT2D eigenvalue weighted by Crippen LogP contribution is 2.28. The average Bonchev–Trinajstić information content (AvgIpc) is 2.49. The van der Waals surface area contributed by atoms with Crippen LogP contribution in [0, 0.1) is 12.3 Å². The summed E-state index contributed by atoms with van der Waals surface area (Å²) < 4.78 is 0. The molecule has 0 aromatic carbocycles. The van der Waals surface area contributed by atoms with Crippen LogP contribution in [0.3, 0.4) is 0 Å². The first kappa shape index (κ1) is 18.1. The average molecular weight is 280 g/mol. The fourth-order valence-electron chi connectivity index (χ4n) is 3.59. The second kappa shape index (κ2) is 14.0. The van der Waals surface area contributed by atoms with Gasteiger partial charge in [-0.25, -0.2) is 0 Å². The maximum absolute atomic E-state index is 2.54. The molecule has 0 aliphatic heterocycles. The molecule has 0 heterocycles. The highest BCUT2D eigenvalue weighted by molar-refractivity contribution is 4.66. The maximum Gasteiger partial charge on any atom is -0.0386 e. The molecule has 119 valence electrons. The second-order valence-electron chi connectivity index (χ2n) is 6.99. The summed E-state index contributed by atoms with van der Waals surface area (Å²) in [6.07, 6.45) is 27.4.